The normalized spacial score (nSPS) is 15.2. The topological polar surface area (TPSA) is 105 Å². The van der Waals surface area contributed by atoms with E-state index < -0.39 is 0 Å². The second kappa shape index (κ2) is 10.1. The summed E-state index contributed by atoms with van der Waals surface area (Å²) in [6, 6.07) is 13.7. The fraction of sp³-hybridized carbons (Fsp3) is 0.391. The average Bonchev–Trinajstić information content (AvgIpc) is 2.79. The van der Waals surface area contributed by atoms with Crippen molar-refractivity contribution in [3.8, 4) is 0 Å². The molecule has 1 heterocycles. The van der Waals surface area contributed by atoms with Gasteiger partial charge in [0.15, 0.2) is 0 Å². The maximum atomic E-state index is 12.9. The number of benzene rings is 2. The van der Waals surface area contributed by atoms with Gasteiger partial charge in [-0.15, -0.1) is 0 Å². The second-order valence-corrected chi connectivity index (χ2v) is 7.82. The first-order valence-corrected chi connectivity index (χ1v) is 10.6. The van der Waals surface area contributed by atoms with Crippen LogP contribution in [0, 0.1) is 16.0 Å². The van der Waals surface area contributed by atoms with Crippen molar-refractivity contribution >= 4 is 28.9 Å². The summed E-state index contributed by atoms with van der Waals surface area (Å²) < 4.78 is 0. The summed E-state index contributed by atoms with van der Waals surface area (Å²) in [5, 5.41) is 17.1. The van der Waals surface area contributed by atoms with Gasteiger partial charge in [-0.2, -0.15) is 0 Å². The maximum Gasteiger partial charge on any atom is 0.292 e. The Hall–Kier alpha value is -3.42. The van der Waals surface area contributed by atoms with Crippen molar-refractivity contribution in [3.63, 3.8) is 0 Å². The molecule has 2 amide bonds. The number of nitro benzene ring substituents is 1. The molecule has 0 radical (unpaired) electrons. The number of carbonyl (C=O) groups is 2. The summed E-state index contributed by atoms with van der Waals surface area (Å²) in [5.41, 5.74) is 1.59. The van der Waals surface area contributed by atoms with Crippen LogP contribution in [0.3, 0.4) is 0 Å². The molecule has 8 heteroatoms. The summed E-state index contributed by atoms with van der Waals surface area (Å²) >= 11 is 0. The quantitative estimate of drug-likeness (QED) is 0.517. The van der Waals surface area contributed by atoms with Gasteiger partial charge < -0.3 is 15.5 Å². The highest BCUT2D eigenvalue weighted by molar-refractivity contribution is 6.04. The third-order valence-electron chi connectivity index (χ3n) is 5.70. The number of hydrogen-bond donors (Lipinski definition) is 2. The lowest BCUT2D eigenvalue weighted by atomic mass is 9.95. The fourth-order valence-corrected chi connectivity index (χ4v) is 3.70. The van der Waals surface area contributed by atoms with Gasteiger partial charge in [-0.1, -0.05) is 31.2 Å². The van der Waals surface area contributed by atoms with E-state index in [1.807, 2.05) is 18.7 Å². The Kier molecular flexibility index (Phi) is 7.23. The van der Waals surface area contributed by atoms with Crippen LogP contribution in [-0.2, 0) is 4.79 Å². The highest BCUT2D eigenvalue weighted by atomic mass is 16.6. The summed E-state index contributed by atoms with van der Waals surface area (Å²) in [7, 11) is 0. The minimum absolute atomic E-state index is 0.0441. The van der Waals surface area contributed by atoms with Crippen LogP contribution in [0.25, 0.3) is 0 Å². The molecule has 0 aromatic heterocycles. The second-order valence-electron chi connectivity index (χ2n) is 7.82. The number of hydrogen-bond acceptors (Lipinski definition) is 5. The number of nitrogens with zero attached hydrogens (tertiary/aromatic N) is 2. The lowest BCUT2D eigenvalue weighted by Gasteiger charge is -2.32. The van der Waals surface area contributed by atoms with Crippen molar-refractivity contribution in [2.45, 2.75) is 39.2 Å². The van der Waals surface area contributed by atoms with Crippen LogP contribution < -0.4 is 15.5 Å². The molecule has 0 aliphatic carbocycles. The number of rotatable bonds is 7. The molecule has 8 nitrogen and oxygen atoms in total. The van der Waals surface area contributed by atoms with E-state index in [9.17, 15) is 19.7 Å². The van der Waals surface area contributed by atoms with Crippen molar-refractivity contribution in [3.05, 3.63) is 64.2 Å². The molecule has 3 rings (SSSR count). The molecule has 2 aromatic rings. The van der Waals surface area contributed by atoms with Gasteiger partial charge in [0.2, 0.25) is 5.91 Å². The Morgan fingerprint density at radius 1 is 1.13 bits per heavy atom. The maximum absolute atomic E-state index is 12.9. The first kappa shape index (κ1) is 22.3. The van der Waals surface area contributed by atoms with E-state index in [2.05, 4.69) is 10.6 Å². The third kappa shape index (κ3) is 5.39. The number of para-hydroxylation sites is 3. The van der Waals surface area contributed by atoms with Crippen molar-refractivity contribution in [2.24, 2.45) is 5.92 Å². The lowest BCUT2D eigenvalue weighted by Crippen LogP contribution is -2.38. The van der Waals surface area contributed by atoms with Gasteiger partial charge in [-0.05, 0) is 44.4 Å². The van der Waals surface area contributed by atoms with E-state index in [-0.39, 0.29) is 34.4 Å². The number of nitro groups is 1. The minimum atomic E-state index is -0.379. The molecule has 1 saturated heterocycles. The van der Waals surface area contributed by atoms with Gasteiger partial charge in [-0.3, -0.25) is 19.7 Å². The van der Waals surface area contributed by atoms with Gasteiger partial charge in [0.25, 0.3) is 11.6 Å². The SMILES string of the molecule is CCC(C)NC(=O)c1ccccc1NC(=O)C1CCN(c2ccccc2[N+](=O)[O-])CC1. The van der Waals surface area contributed by atoms with E-state index >= 15 is 0 Å². The van der Waals surface area contributed by atoms with Crippen LogP contribution in [0.15, 0.2) is 48.5 Å². The summed E-state index contributed by atoms with van der Waals surface area (Å²) in [6.07, 6.45) is 1.98. The molecular weight excluding hydrogens is 396 g/mol. The fourth-order valence-electron chi connectivity index (χ4n) is 3.70. The van der Waals surface area contributed by atoms with Gasteiger partial charge in [-0.25, -0.2) is 0 Å². The summed E-state index contributed by atoms with van der Waals surface area (Å²) in [4.78, 5) is 38.3. The number of amides is 2. The highest BCUT2D eigenvalue weighted by Crippen LogP contribution is 2.31. The molecule has 164 valence electrons. The smallest absolute Gasteiger partial charge is 0.292 e. The lowest BCUT2D eigenvalue weighted by molar-refractivity contribution is -0.384. The number of nitrogens with one attached hydrogen (secondary N) is 2. The van der Waals surface area contributed by atoms with Crippen LogP contribution in [0.5, 0.6) is 0 Å². The monoisotopic (exact) mass is 424 g/mol. The zero-order valence-corrected chi connectivity index (χ0v) is 17.8. The van der Waals surface area contributed by atoms with E-state index in [1.54, 1.807) is 42.5 Å². The summed E-state index contributed by atoms with van der Waals surface area (Å²) in [5.74, 6) is -0.563. The molecule has 1 unspecified atom stereocenters. The van der Waals surface area contributed by atoms with Crippen molar-refractivity contribution in [2.75, 3.05) is 23.3 Å². The van der Waals surface area contributed by atoms with Gasteiger partial charge in [0, 0.05) is 31.1 Å². The van der Waals surface area contributed by atoms with Crippen LogP contribution >= 0.6 is 0 Å². The van der Waals surface area contributed by atoms with Crippen LogP contribution in [0.1, 0.15) is 43.5 Å². The Balaban J connectivity index is 1.64. The van der Waals surface area contributed by atoms with Crippen molar-refractivity contribution < 1.29 is 14.5 Å². The zero-order chi connectivity index (χ0) is 22.4. The first-order chi connectivity index (χ1) is 14.9. The van der Waals surface area contributed by atoms with Crippen LogP contribution in [0.2, 0.25) is 0 Å². The average molecular weight is 425 g/mol. The van der Waals surface area contributed by atoms with Crippen LogP contribution in [0.4, 0.5) is 17.1 Å². The van der Waals surface area contributed by atoms with Crippen molar-refractivity contribution in [1.29, 1.82) is 0 Å². The minimum Gasteiger partial charge on any atom is -0.366 e. The number of piperidine rings is 1. The van der Waals surface area contributed by atoms with E-state index in [1.165, 1.54) is 6.07 Å². The Labute approximate surface area is 181 Å². The number of anilines is 2. The van der Waals surface area contributed by atoms with Gasteiger partial charge in [0.1, 0.15) is 5.69 Å². The predicted molar refractivity (Wildman–Crippen MR) is 120 cm³/mol. The Morgan fingerprint density at radius 3 is 2.45 bits per heavy atom. The molecule has 1 aliphatic heterocycles. The molecule has 1 atom stereocenters. The molecule has 0 saturated carbocycles. The molecule has 0 spiro atoms. The van der Waals surface area contributed by atoms with Crippen LogP contribution in [-0.4, -0.2) is 35.9 Å². The van der Waals surface area contributed by atoms with E-state index in [0.717, 1.165) is 6.42 Å². The van der Waals surface area contributed by atoms with E-state index in [0.29, 0.717) is 42.9 Å². The first-order valence-electron chi connectivity index (χ1n) is 10.6. The van der Waals surface area contributed by atoms with Gasteiger partial charge >= 0.3 is 0 Å². The molecule has 1 fully saturated rings. The molecule has 2 N–H and O–H groups in total. The standard InChI is InChI=1S/C23H28N4O4/c1-3-16(2)24-23(29)18-8-4-5-9-19(18)25-22(28)17-12-14-26(15-13-17)20-10-6-7-11-21(20)27(30)31/h4-11,16-17H,3,12-15H2,1-2H3,(H,24,29)(H,25,28). The molecular formula is C23H28N4O4. The predicted octanol–water partition coefficient (Wildman–Crippen LogP) is 3.98. The molecule has 1 aliphatic rings. The molecule has 31 heavy (non-hydrogen) atoms. The van der Waals surface area contributed by atoms with Crippen molar-refractivity contribution in [1.82, 2.24) is 5.32 Å². The molecule has 0 bridgehead atoms. The highest BCUT2D eigenvalue weighted by Gasteiger charge is 2.28. The summed E-state index contributed by atoms with van der Waals surface area (Å²) in [6.45, 7) is 5.04. The zero-order valence-electron chi connectivity index (χ0n) is 17.8. The molecule has 2 aromatic carbocycles. The largest absolute Gasteiger partial charge is 0.366 e. The van der Waals surface area contributed by atoms with Gasteiger partial charge in [0.05, 0.1) is 16.2 Å². The third-order valence-corrected chi connectivity index (χ3v) is 5.70. The Morgan fingerprint density at radius 2 is 1.77 bits per heavy atom. The van der Waals surface area contributed by atoms with E-state index in [4.69, 9.17) is 0 Å². The Bertz CT molecular complexity index is 954. The number of carbonyl (C=O) groups excluding carboxylic acids is 2.